The van der Waals surface area contributed by atoms with Gasteiger partial charge in [0, 0.05) is 32.5 Å². The standard InChI is InChI=1S/C23H24N.C11H8N.Ir/c1-22(2)11-12-23(3,4)20-15-18-17(14-19(20)22)10-13-24-21(18)16-8-6-5-7-9-16;1-2-6-10(7-3-1)11-8-4-5-9-12-11;/h5-8,10,13-15H,11-12H2,1-4H3;1-6,8-9H;/q2*-1;. The van der Waals surface area contributed by atoms with E-state index in [2.05, 4.69) is 80.1 Å². The maximum absolute atomic E-state index is 4.68. The van der Waals surface area contributed by atoms with Crippen LogP contribution >= 0.6 is 0 Å². The van der Waals surface area contributed by atoms with Gasteiger partial charge < -0.3 is 9.97 Å². The number of fused-ring (bicyclic) bond motifs is 2. The molecular weight excluding hydrogens is 629 g/mol. The summed E-state index contributed by atoms with van der Waals surface area (Å²) >= 11 is 0. The monoisotopic (exact) mass is 661 g/mol. The second-order valence-electron chi connectivity index (χ2n) is 10.8. The molecule has 0 aliphatic heterocycles. The van der Waals surface area contributed by atoms with Crippen LogP contribution in [0.1, 0.15) is 51.7 Å². The predicted molar refractivity (Wildman–Crippen MR) is 150 cm³/mol. The average molecular weight is 661 g/mol. The molecule has 0 unspecified atom stereocenters. The Balaban J connectivity index is 0.000000208. The summed E-state index contributed by atoms with van der Waals surface area (Å²) in [7, 11) is 0. The average Bonchev–Trinajstić information content (AvgIpc) is 2.92. The van der Waals surface area contributed by atoms with Gasteiger partial charge in [-0.2, -0.15) is 0 Å². The molecule has 189 valence electrons. The first-order chi connectivity index (χ1) is 17.4. The zero-order valence-corrected chi connectivity index (χ0v) is 24.3. The fraction of sp³-hybridized carbons (Fsp3) is 0.235. The van der Waals surface area contributed by atoms with Crippen molar-refractivity contribution in [2.24, 2.45) is 0 Å². The van der Waals surface area contributed by atoms with E-state index >= 15 is 0 Å². The Labute approximate surface area is 234 Å². The van der Waals surface area contributed by atoms with Crippen LogP contribution in [0.4, 0.5) is 0 Å². The van der Waals surface area contributed by atoms with Crippen LogP contribution in [0, 0.1) is 12.1 Å². The molecule has 0 N–H and O–H groups in total. The Hall–Kier alpha value is -3.13. The van der Waals surface area contributed by atoms with Gasteiger partial charge in [-0.15, -0.1) is 71.8 Å². The molecule has 0 amide bonds. The summed E-state index contributed by atoms with van der Waals surface area (Å²) in [6.07, 6.45) is 6.18. The summed E-state index contributed by atoms with van der Waals surface area (Å²) in [6, 6.07) is 35.2. The Bertz CT molecular complexity index is 1420. The van der Waals surface area contributed by atoms with E-state index in [1.54, 1.807) is 6.20 Å². The van der Waals surface area contributed by atoms with Crippen LogP contribution in [0.3, 0.4) is 0 Å². The van der Waals surface area contributed by atoms with E-state index in [1.807, 2.05) is 60.8 Å². The Kier molecular flexibility index (Phi) is 8.07. The van der Waals surface area contributed by atoms with Gasteiger partial charge in [0.25, 0.3) is 0 Å². The fourth-order valence-electron chi connectivity index (χ4n) is 5.07. The summed E-state index contributed by atoms with van der Waals surface area (Å²) in [5.41, 5.74) is 7.55. The molecule has 6 rings (SSSR count). The quantitative estimate of drug-likeness (QED) is 0.177. The van der Waals surface area contributed by atoms with E-state index < -0.39 is 0 Å². The maximum Gasteiger partial charge on any atom is 0.0167 e. The third kappa shape index (κ3) is 5.74. The smallest absolute Gasteiger partial charge is 0.0167 e. The van der Waals surface area contributed by atoms with Crippen LogP contribution in [0.15, 0.2) is 97.3 Å². The van der Waals surface area contributed by atoms with E-state index in [0.717, 1.165) is 22.5 Å². The number of pyridine rings is 2. The molecule has 37 heavy (non-hydrogen) atoms. The number of rotatable bonds is 2. The van der Waals surface area contributed by atoms with Crippen LogP contribution in [0.25, 0.3) is 33.3 Å². The van der Waals surface area contributed by atoms with Gasteiger partial charge >= 0.3 is 0 Å². The molecule has 0 bridgehead atoms. The molecule has 1 aliphatic carbocycles. The molecule has 2 heterocycles. The van der Waals surface area contributed by atoms with Crippen LogP contribution in [0.2, 0.25) is 0 Å². The zero-order valence-electron chi connectivity index (χ0n) is 21.9. The Morgan fingerprint density at radius 1 is 0.649 bits per heavy atom. The van der Waals surface area contributed by atoms with Gasteiger partial charge in [-0.25, -0.2) is 0 Å². The number of hydrogen-bond donors (Lipinski definition) is 0. The molecule has 5 aromatic rings. The van der Waals surface area contributed by atoms with Crippen LogP contribution in [-0.2, 0) is 30.9 Å². The van der Waals surface area contributed by atoms with Crippen molar-refractivity contribution in [1.29, 1.82) is 0 Å². The molecule has 0 saturated carbocycles. The molecule has 2 nitrogen and oxygen atoms in total. The summed E-state index contributed by atoms with van der Waals surface area (Å²) < 4.78 is 0. The van der Waals surface area contributed by atoms with Crippen LogP contribution < -0.4 is 0 Å². The second-order valence-corrected chi connectivity index (χ2v) is 10.8. The minimum atomic E-state index is 0. The summed E-state index contributed by atoms with van der Waals surface area (Å²) in [5, 5.41) is 2.52. The largest absolute Gasteiger partial charge is 0.305 e. The van der Waals surface area contributed by atoms with E-state index in [0.29, 0.717) is 0 Å². The van der Waals surface area contributed by atoms with Gasteiger partial charge in [0.15, 0.2) is 0 Å². The molecule has 3 aromatic carbocycles. The molecular formula is C34H32IrN2-2. The topological polar surface area (TPSA) is 25.8 Å². The molecule has 0 fully saturated rings. The Morgan fingerprint density at radius 2 is 1.27 bits per heavy atom. The van der Waals surface area contributed by atoms with Crippen molar-refractivity contribution in [3.8, 4) is 22.5 Å². The van der Waals surface area contributed by atoms with Crippen molar-refractivity contribution in [3.05, 3.63) is 121 Å². The third-order valence-corrected chi connectivity index (χ3v) is 7.35. The van der Waals surface area contributed by atoms with Gasteiger partial charge in [-0.3, -0.25) is 0 Å². The zero-order chi connectivity index (χ0) is 25.2. The predicted octanol–water partition coefficient (Wildman–Crippen LogP) is 8.60. The van der Waals surface area contributed by atoms with Gasteiger partial charge in [0.2, 0.25) is 0 Å². The molecule has 0 saturated heterocycles. The van der Waals surface area contributed by atoms with Gasteiger partial charge in [0.05, 0.1) is 0 Å². The minimum absolute atomic E-state index is 0. The fourth-order valence-corrected chi connectivity index (χ4v) is 5.07. The normalized spacial score (nSPS) is 15.0. The van der Waals surface area contributed by atoms with Crippen molar-refractivity contribution in [2.45, 2.75) is 51.4 Å². The van der Waals surface area contributed by atoms with Gasteiger partial charge in [-0.05, 0) is 69.1 Å². The Morgan fingerprint density at radius 3 is 1.86 bits per heavy atom. The van der Waals surface area contributed by atoms with Crippen molar-refractivity contribution < 1.29 is 20.1 Å². The molecule has 2 aromatic heterocycles. The van der Waals surface area contributed by atoms with E-state index in [-0.39, 0.29) is 30.9 Å². The first-order valence-corrected chi connectivity index (χ1v) is 12.6. The summed E-state index contributed by atoms with van der Waals surface area (Å²) in [5.74, 6) is 0. The number of nitrogens with zero attached hydrogens (tertiary/aromatic N) is 2. The SMILES string of the molecule is CC1(C)CCC(C)(C)c2cc3c(-c4[c-]cccc4)nccc3cc21.[Ir].[c-]1ccccc1-c1ccccn1. The molecule has 0 atom stereocenters. The molecule has 3 heteroatoms. The molecule has 0 spiro atoms. The van der Waals surface area contributed by atoms with Crippen molar-refractivity contribution in [2.75, 3.05) is 0 Å². The van der Waals surface area contributed by atoms with Crippen molar-refractivity contribution >= 4 is 10.8 Å². The molecule has 1 radical (unpaired) electrons. The number of hydrogen-bond acceptors (Lipinski definition) is 2. The first kappa shape index (κ1) is 26.9. The number of aromatic nitrogens is 2. The van der Waals surface area contributed by atoms with Crippen LogP contribution in [-0.4, -0.2) is 9.97 Å². The summed E-state index contributed by atoms with van der Waals surface area (Å²) in [4.78, 5) is 8.90. The van der Waals surface area contributed by atoms with Gasteiger partial charge in [-0.1, -0.05) is 52.0 Å². The van der Waals surface area contributed by atoms with E-state index in [9.17, 15) is 0 Å². The summed E-state index contributed by atoms with van der Waals surface area (Å²) in [6.45, 7) is 9.50. The first-order valence-electron chi connectivity index (χ1n) is 12.6. The van der Waals surface area contributed by atoms with Crippen LogP contribution in [0.5, 0.6) is 0 Å². The maximum atomic E-state index is 4.68. The van der Waals surface area contributed by atoms with E-state index in [1.165, 1.54) is 34.7 Å². The number of benzene rings is 3. The van der Waals surface area contributed by atoms with Crippen molar-refractivity contribution in [1.82, 2.24) is 9.97 Å². The van der Waals surface area contributed by atoms with Gasteiger partial charge in [0.1, 0.15) is 0 Å². The van der Waals surface area contributed by atoms with Crippen molar-refractivity contribution in [3.63, 3.8) is 0 Å². The second kappa shape index (κ2) is 11.1. The molecule has 1 aliphatic rings. The third-order valence-electron chi connectivity index (χ3n) is 7.35. The minimum Gasteiger partial charge on any atom is -0.305 e. The van der Waals surface area contributed by atoms with E-state index in [4.69, 9.17) is 0 Å².